The molecular weight excluding hydrogens is 408 g/mol. The number of urea groups is 1. The zero-order valence-electron chi connectivity index (χ0n) is 15.2. The molecule has 0 spiro atoms. The molecule has 0 radical (unpaired) electrons. The Morgan fingerprint density at radius 2 is 1.83 bits per heavy atom. The Kier molecular flexibility index (Phi) is 5.92. The van der Waals surface area contributed by atoms with Gasteiger partial charge in [-0.25, -0.2) is 4.79 Å². The monoisotopic (exact) mass is 424 g/mol. The first-order chi connectivity index (χ1) is 14.2. The van der Waals surface area contributed by atoms with E-state index < -0.39 is 0 Å². The Hall–Kier alpha value is -3.10. The van der Waals surface area contributed by atoms with E-state index in [0.717, 1.165) is 16.5 Å². The molecule has 4 aromatic rings. The van der Waals surface area contributed by atoms with Gasteiger partial charge in [0.15, 0.2) is 0 Å². The zero-order chi connectivity index (χ0) is 20.1. The van der Waals surface area contributed by atoms with Gasteiger partial charge >= 0.3 is 6.03 Å². The van der Waals surface area contributed by atoms with Gasteiger partial charge in [-0.3, -0.25) is 0 Å². The number of para-hydroxylation sites is 1. The Morgan fingerprint density at radius 3 is 2.72 bits per heavy atom. The van der Waals surface area contributed by atoms with Crippen LogP contribution in [0.3, 0.4) is 0 Å². The van der Waals surface area contributed by atoms with Crippen molar-refractivity contribution in [3.63, 3.8) is 0 Å². The van der Waals surface area contributed by atoms with E-state index in [0.29, 0.717) is 28.2 Å². The quantitative estimate of drug-likeness (QED) is 0.354. The molecule has 1 aromatic heterocycles. The molecule has 0 saturated heterocycles. The molecule has 2 amide bonds. The van der Waals surface area contributed by atoms with Gasteiger partial charge in [-0.2, -0.15) is 4.68 Å². The van der Waals surface area contributed by atoms with E-state index in [4.69, 9.17) is 11.6 Å². The lowest BCUT2D eigenvalue weighted by molar-refractivity contribution is 0.252. The number of hydrogen-bond donors (Lipinski definition) is 2. The Bertz CT molecular complexity index is 1140. The number of thioether (sulfide) groups is 1. The summed E-state index contributed by atoms with van der Waals surface area (Å²) in [6.07, 6.45) is 0. The van der Waals surface area contributed by atoms with E-state index in [9.17, 15) is 4.79 Å². The molecule has 3 aromatic carbocycles. The summed E-state index contributed by atoms with van der Waals surface area (Å²) in [6.45, 7) is 0.448. The van der Waals surface area contributed by atoms with Crippen molar-refractivity contribution >= 4 is 45.9 Å². The third-order valence-corrected chi connectivity index (χ3v) is 5.43. The average molecular weight is 425 g/mol. The van der Waals surface area contributed by atoms with Crippen LogP contribution in [0.1, 0.15) is 0 Å². The molecule has 0 aliphatic heterocycles. The largest absolute Gasteiger partial charge is 0.337 e. The fourth-order valence-electron chi connectivity index (χ4n) is 2.85. The van der Waals surface area contributed by atoms with Crippen molar-refractivity contribution in [2.75, 3.05) is 17.6 Å². The number of tetrazole rings is 1. The number of aromatic nitrogens is 4. The van der Waals surface area contributed by atoms with E-state index >= 15 is 0 Å². The van der Waals surface area contributed by atoms with E-state index in [1.807, 2.05) is 42.5 Å². The zero-order valence-corrected chi connectivity index (χ0v) is 16.8. The minimum atomic E-state index is -0.313. The first-order valence-corrected chi connectivity index (χ1v) is 10.3. The van der Waals surface area contributed by atoms with Gasteiger partial charge in [-0.1, -0.05) is 71.9 Å². The van der Waals surface area contributed by atoms with Crippen LogP contribution in [0.2, 0.25) is 5.02 Å². The Balaban J connectivity index is 1.37. The predicted octanol–water partition coefficient (Wildman–Crippen LogP) is 4.38. The van der Waals surface area contributed by atoms with Crippen LogP contribution in [0.25, 0.3) is 16.5 Å². The normalized spacial score (nSPS) is 10.8. The smallest absolute Gasteiger partial charge is 0.319 e. The van der Waals surface area contributed by atoms with Gasteiger partial charge in [0.1, 0.15) is 0 Å². The van der Waals surface area contributed by atoms with Crippen LogP contribution in [0.5, 0.6) is 0 Å². The summed E-state index contributed by atoms with van der Waals surface area (Å²) < 4.78 is 1.72. The lowest BCUT2D eigenvalue weighted by Gasteiger charge is -2.09. The molecule has 0 saturated carbocycles. The molecular formula is C20H17ClN6OS. The number of carbonyl (C=O) groups is 1. The average Bonchev–Trinajstić information content (AvgIpc) is 3.21. The summed E-state index contributed by atoms with van der Waals surface area (Å²) in [6, 6.07) is 20.9. The second kappa shape index (κ2) is 8.93. The number of halogens is 1. The number of carbonyl (C=O) groups excluding carboxylic acids is 1. The van der Waals surface area contributed by atoms with Crippen LogP contribution in [-0.2, 0) is 0 Å². The van der Waals surface area contributed by atoms with Gasteiger partial charge in [-0.15, -0.1) is 5.10 Å². The molecule has 29 heavy (non-hydrogen) atoms. The van der Waals surface area contributed by atoms with Crippen LogP contribution in [0.15, 0.2) is 71.9 Å². The van der Waals surface area contributed by atoms with Crippen molar-refractivity contribution in [1.29, 1.82) is 0 Å². The van der Waals surface area contributed by atoms with Crippen molar-refractivity contribution in [2.24, 2.45) is 0 Å². The van der Waals surface area contributed by atoms with Crippen LogP contribution in [0.4, 0.5) is 10.5 Å². The van der Waals surface area contributed by atoms with Gasteiger partial charge in [0.2, 0.25) is 5.16 Å². The van der Waals surface area contributed by atoms with Crippen molar-refractivity contribution in [3.05, 3.63) is 71.8 Å². The molecule has 4 rings (SSSR count). The summed E-state index contributed by atoms with van der Waals surface area (Å²) in [4.78, 5) is 12.0. The highest BCUT2D eigenvalue weighted by Crippen LogP contribution is 2.25. The van der Waals surface area contributed by atoms with Crippen molar-refractivity contribution < 1.29 is 4.79 Å². The van der Waals surface area contributed by atoms with Crippen LogP contribution in [-0.4, -0.2) is 38.5 Å². The molecule has 0 aliphatic rings. The van der Waals surface area contributed by atoms with Crippen molar-refractivity contribution in [2.45, 2.75) is 5.16 Å². The summed E-state index contributed by atoms with van der Waals surface area (Å²) in [7, 11) is 0. The fourth-order valence-corrected chi connectivity index (χ4v) is 3.77. The lowest BCUT2D eigenvalue weighted by atomic mass is 10.1. The molecule has 0 unspecified atom stereocenters. The SMILES string of the molecule is O=C(NCCSc1nnnn1-c1cccc2ccccc12)Nc1ccccc1Cl. The molecule has 9 heteroatoms. The Labute approximate surface area is 176 Å². The number of nitrogens with one attached hydrogen (secondary N) is 2. The van der Waals surface area contributed by atoms with Gasteiger partial charge in [0, 0.05) is 17.7 Å². The molecule has 0 aliphatic carbocycles. The molecule has 7 nitrogen and oxygen atoms in total. The summed E-state index contributed by atoms with van der Waals surface area (Å²) in [5.41, 5.74) is 1.49. The highest BCUT2D eigenvalue weighted by atomic mass is 35.5. The van der Waals surface area contributed by atoms with E-state index in [2.05, 4.69) is 38.3 Å². The minimum absolute atomic E-state index is 0.313. The van der Waals surface area contributed by atoms with E-state index in [1.54, 1.807) is 16.8 Å². The number of benzene rings is 3. The van der Waals surface area contributed by atoms with Crippen LogP contribution >= 0.6 is 23.4 Å². The van der Waals surface area contributed by atoms with Gasteiger partial charge in [0.05, 0.1) is 16.4 Å². The number of rotatable bonds is 6. The second-order valence-corrected chi connectivity index (χ2v) is 7.55. The third-order valence-electron chi connectivity index (χ3n) is 4.18. The maximum absolute atomic E-state index is 12.0. The van der Waals surface area contributed by atoms with Crippen molar-refractivity contribution in [1.82, 2.24) is 25.5 Å². The first kappa shape index (κ1) is 19.2. The Morgan fingerprint density at radius 1 is 1.03 bits per heavy atom. The topological polar surface area (TPSA) is 84.7 Å². The first-order valence-electron chi connectivity index (χ1n) is 8.91. The van der Waals surface area contributed by atoms with Crippen LogP contribution < -0.4 is 10.6 Å². The number of nitrogens with zero attached hydrogens (tertiary/aromatic N) is 4. The minimum Gasteiger partial charge on any atom is -0.337 e. The summed E-state index contributed by atoms with van der Waals surface area (Å²) in [5.74, 6) is 0.612. The molecule has 0 atom stereocenters. The molecule has 1 heterocycles. The van der Waals surface area contributed by atoms with Gasteiger partial charge in [0.25, 0.3) is 0 Å². The summed E-state index contributed by atoms with van der Waals surface area (Å²) in [5, 5.41) is 20.9. The maximum Gasteiger partial charge on any atom is 0.319 e. The summed E-state index contributed by atoms with van der Waals surface area (Å²) >= 11 is 7.51. The molecule has 2 N–H and O–H groups in total. The molecule has 0 fully saturated rings. The number of amides is 2. The van der Waals surface area contributed by atoms with Gasteiger partial charge in [-0.05, 0) is 34.0 Å². The number of anilines is 1. The predicted molar refractivity (Wildman–Crippen MR) is 116 cm³/mol. The van der Waals surface area contributed by atoms with E-state index in [-0.39, 0.29) is 6.03 Å². The molecule has 0 bridgehead atoms. The standard InChI is InChI=1S/C20H17ClN6OS/c21-16-9-3-4-10-17(16)23-19(28)22-12-13-29-20-24-25-26-27(20)18-11-5-7-14-6-1-2-8-15(14)18/h1-11H,12-13H2,(H2,22,23,28). The highest BCUT2D eigenvalue weighted by Gasteiger charge is 2.12. The number of hydrogen-bond acceptors (Lipinski definition) is 5. The van der Waals surface area contributed by atoms with Crippen molar-refractivity contribution in [3.8, 4) is 5.69 Å². The number of fused-ring (bicyclic) bond motifs is 1. The van der Waals surface area contributed by atoms with E-state index in [1.165, 1.54) is 11.8 Å². The lowest BCUT2D eigenvalue weighted by Crippen LogP contribution is -2.30. The van der Waals surface area contributed by atoms with Gasteiger partial charge < -0.3 is 10.6 Å². The third kappa shape index (κ3) is 4.49. The van der Waals surface area contributed by atoms with Crippen LogP contribution in [0, 0.1) is 0 Å². The maximum atomic E-state index is 12.0. The highest BCUT2D eigenvalue weighted by molar-refractivity contribution is 7.99. The second-order valence-electron chi connectivity index (χ2n) is 6.08. The molecule has 146 valence electrons. The fraction of sp³-hybridized carbons (Fsp3) is 0.100.